The number of aromatic nitrogens is 3. The average Bonchev–Trinajstić information content (AvgIpc) is 3.10. The highest BCUT2D eigenvalue weighted by molar-refractivity contribution is 7.12. The largest absolute Gasteiger partial charge is 0.433 e. The van der Waals surface area contributed by atoms with Gasteiger partial charge in [-0.05, 0) is 31.1 Å². The van der Waals surface area contributed by atoms with Gasteiger partial charge in [0.05, 0.1) is 11.3 Å². The van der Waals surface area contributed by atoms with Crippen molar-refractivity contribution in [3.05, 3.63) is 51.9 Å². The molecule has 2 rings (SSSR count). The van der Waals surface area contributed by atoms with Crippen molar-refractivity contribution in [2.24, 2.45) is 0 Å². The molecule has 0 spiro atoms. The summed E-state index contributed by atoms with van der Waals surface area (Å²) >= 11 is 0.898. The van der Waals surface area contributed by atoms with Crippen LogP contribution in [0.5, 0.6) is 0 Å². The maximum absolute atomic E-state index is 12.8. The lowest BCUT2D eigenvalue weighted by atomic mass is 10.2. The molecule has 0 aliphatic rings. The first-order valence-electron chi connectivity index (χ1n) is 8.65. The SMILES string of the molecule is CC/C=C(\C=C(/C)c1cnc(C(O)CC(F)(F)F)s1)Nc1nccc(C(F)(F)F)n1. The molecule has 2 aromatic heterocycles. The standard InChI is InChI=1S/C18H18F6N4OS/c1-3-4-11(27-16-25-6-5-14(28-16)18(22,23)24)7-10(2)13-9-26-15(30-13)12(29)8-17(19,20)21/h4-7,9,12,29H,3,8H2,1-2H3,(H,25,27,28)/b10-7+,11-4+. The Morgan fingerprint density at radius 3 is 2.53 bits per heavy atom. The molecule has 2 N–H and O–H groups in total. The van der Waals surface area contributed by atoms with Gasteiger partial charge in [0.1, 0.15) is 16.8 Å². The summed E-state index contributed by atoms with van der Waals surface area (Å²) in [6.45, 7) is 3.47. The third-order valence-corrected chi connectivity index (χ3v) is 4.85. The summed E-state index contributed by atoms with van der Waals surface area (Å²) in [5, 5.41) is 12.3. The van der Waals surface area contributed by atoms with Crippen LogP contribution in [0.2, 0.25) is 0 Å². The predicted octanol–water partition coefficient (Wildman–Crippen LogP) is 5.75. The van der Waals surface area contributed by atoms with Gasteiger partial charge < -0.3 is 10.4 Å². The number of thiazole rings is 1. The van der Waals surface area contributed by atoms with Gasteiger partial charge in [0.2, 0.25) is 5.95 Å². The van der Waals surface area contributed by atoms with Crippen molar-refractivity contribution in [3.63, 3.8) is 0 Å². The number of aliphatic hydroxyl groups excluding tert-OH is 1. The number of aliphatic hydroxyl groups is 1. The fourth-order valence-electron chi connectivity index (χ4n) is 2.31. The van der Waals surface area contributed by atoms with Gasteiger partial charge in [0.15, 0.2) is 0 Å². The number of rotatable bonds is 7. The Hall–Kier alpha value is -2.47. The van der Waals surface area contributed by atoms with Crippen LogP contribution < -0.4 is 5.32 Å². The first-order valence-corrected chi connectivity index (χ1v) is 9.47. The number of hydrogen-bond acceptors (Lipinski definition) is 6. The van der Waals surface area contributed by atoms with Gasteiger partial charge in [0.25, 0.3) is 0 Å². The van der Waals surface area contributed by atoms with E-state index < -0.39 is 30.6 Å². The van der Waals surface area contributed by atoms with E-state index in [1.165, 1.54) is 6.20 Å². The van der Waals surface area contributed by atoms with E-state index in [0.29, 0.717) is 22.6 Å². The Morgan fingerprint density at radius 2 is 1.93 bits per heavy atom. The summed E-state index contributed by atoms with van der Waals surface area (Å²) in [5.74, 6) is -0.251. The van der Waals surface area contributed by atoms with Gasteiger partial charge >= 0.3 is 12.4 Å². The molecule has 0 saturated carbocycles. The molecule has 0 aromatic carbocycles. The van der Waals surface area contributed by atoms with Crippen molar-refractivity contribution in [3.8, 4) is 0 Å². The van der Waals surface area contributed by atoms with E-state index in [-0.39, 0.29) is 11.0 Å². The lowest BCUT2D eigenvalue weighted by molar-refractivity contribution is -0.154. The fraction of sp³-hybridized carbons (Fsp3) is 0.389. The number of nitrogens with one attached hydrogen (secondary N) is 1. The minimum Gasteiger partial charge on any atom is -0.386 e. The molecule has 0 aliphatic carbocycles. The second-order valence-electron chi connectivity index (χ2n) is 6.18. The van der Waals surface area contributed by atoms with E-state index in [0.717, 1.165) is 23.6 Å². The lowest BCUT2D eigenvalue weighted by Gasteiger charge is -2.10. The Morgan fingerprint density at radius 1 is 1.23 bits per heavy atom. The third kappa shape index (κ3) is 7.10. The molecule has 164 valence electrons. The minimum absolute atomic E-state index is 0.0785. The maximum atomic E-state index is 12.8. The number of alkyl halides is 6. The molecule has 0 fully saturated rings. The van der Waals surface area contributed by atoms with E-state index in [4.69, 9.17) is 0 Å². The molecule has 2 aromatic rings. The van der Waals surface area contributed by atoms with Crippen LogP contribution in [-0.4, -0.2) is 26.2 Å². The lowest BCUT2D eigenvalue weighted by Crippen LogP contribution is -2.13. The van der Waals surface area contributed by atoms with Crippen molar-refractivity contribution >= 4 is 22.9 Å². The monoisotopic (exact) mass is 452 g/mol. The van der Waals surface area contributed by atoms with E-state index in [1.807, 2.05) is 6.92 Å². The molecule has 12 heteroatoms. The van der Waals surface area contributed by atoms with E-state index in [1.54, 1.807) is 19.1 Å². The smallest absolute Gasteiger partial charge is 0.386 e. The van der Waals surface area contributed by atoms with E-state index in [2.05, 4.69) is 20.3 Å². The normalized spacial score (nSPS) is 14.7. The van der Waals surface area contributed by atoms with Crippen molar-refractivity contribution in [2.75, 3.05) is 5.32 Å². The van der Waals surface area contributed by atoms with Gasteiger partial charge in [-0.3, -0.25) is 0 Å². The zero-order chi connectivity index (χ0) is 22.5. The molecule has 1 unspecified atom stereocenters. The quantitative estimate of drug-likeness (QED) is 0.414. The molecule has 0 bridgehead atoms. The zero-order valence-electron chi connectivity index (χ0n) is 15.8. The first kappa shape index (κ1) is 23.8. The molecular formula is C18H18F6N4OS. The molecule has 30 heavy (non-hydrogen) atoms. The Labute approximate surface area is 172 Å². The second-order valence-corrected chi connectivity index (χ2v) is 7.24. The number of anilines is 1. The third-order valence-electron chi connectivity index (χ3n) is 3.62. The van der Waals surface area contributed by atoms with E-state index in [9.17, 15) is 31.4 Å². The van der Waals surface area contributed by atoms with Crippen molar-refractivity contribution in [2.45, 2.75) is 45.1 Å². The first-order chi connectivity index (χ1) is 13.9. The second kappa shape index (κ2) is 9.56. The number of hydrogen-bond donors (Lipinski definition) is 2. The van der Waals surface area contributed by atoms with Crippen LogP contribution >= 0.6 is 11.3 Å². The fourth-order valence-corrected chi connectivity index (χ4v) is 3.18. The molecule has 5 nitrogen and oxygen atoms in total. The van der Waals surface area contributed by atoms with Gasteiger partial charge in [-0.1, -0.05) is 13.0 Å². The summed E-state index contributed by atoms with van der Waals surface area (Å²) in [4.78, 5) is 11.6. The Balaban J connectivity index is 2.21. The highest BCUT2D eigenvalue weighted by Gasteiger charge is 2.33. The highest BCUT2D eigenvalue weighted by atomic mass is 32.1. The minimum atomic E-state index is -4.62. The van der Waals surface area contributed by atoms with Gasteiger partial charge in [-0.25, -0.2) is 15.0 Å². The molecule has 0 radical (unpaired) electrons. The summed E-state index contributed by atoms with van der Waals surface area (Å²) in [6, 6.07) is 0.751. The van der Waals surface area contributed by atoms with Crippen LogP contribution in [0.25, 0.3) is 5.57 Å². The molecule has 0 amide bonds. The van der Waals surface area contributed by atoms with Gasteiger partial charge in [0, 0.05) is 18.1 Å². The zero-order valence-corrected chi connectivity index (χ0v) is 16.7. The van der Waals surface area contributed by atoms with Crippen LogP contribution in [0.3, 0.4) is 0 Å². The number of allylic oxidation sites excluding steroid dienone is 3. The van der Waals surface area contributed by atoms with Crippen molar-refractivity contribution in [1.29, 1.82) is 0 Å². The van der Waals surface area contributed by atoms with Crippen LogP contribution in [0.4, 0.5) is 32.3 Å². The molecular weight excluding hydrogens is 434 g/mol. The van der Waals surface area contributed by atoms with Crippen LogP contribution in [-0.2, 0) is 6.18 Å². The summed E-state index contributed by atoms with van der Waals surface area (Å²) in [6.07, 6.45) is -6.18. The predicted molar refractivity (Wildman–Crippen MR) is 100 cm³/mol. The van der Waals surface area contributed by atoms with Crippen LogP contribution in [0.1, 0.15) is 48.4 Å². The van der Waals surface area contributed by atoms with Crippen LogP contribution in [0, 0.1) is 0 Å². The number of halogens is 6. The molecule has 2 heterocycles. The summed E-state index contributed by atoms with van der Waals surface area (Å²) < 4.78 is 75.7. The molecule has 1 atom stereocenters. The molecule has 0 aliphatic heterocycles. The molecule has 0 saturated heterocycles. The Kier molecular flexibility index (Phi) is 7.59. The van der Waals surface area contributed by atoms with Crippen molar-refractivity contribution in [1.82, 2.24) is 15.0 Å². The average molecular weight is 452 g/mol. The van der Waals surface area contributed by atoms with Crippen LogP contribution in [0.15, 0.2) is 36.3 Å². The highest BCUT2D eigenvalue weighted by Crippen LogP contribution is 2.33. The summed E-state index contributed by atoms with van der Waals surface area (Å²) in [5.41, 5.74) is -0.112. The van der Waals surface area contributed by atoms with Gasteiger partial charge in [-0.2, -0.15) is 26.3 Å². The van der Waals surface area contributed by atoms with Crippen molar-refractivity contribution < 1.29 is 31.4 Å². The van der Waals surface area contributed by atoms with E-state index >= 15 is 0 Å². The topological polar surface area (TPSA) is 70.9 Å². The Bertz CT molecular complexity index is 920. The van der Waals surface area contributed by atoms with Gasteiger partial charge in [-0.15, -0.1) is 11.3 Å². The number of nitrogens with zero attached hydrogens (tertiary/aromatic N) is 3. The maximum Gasteiger partial charge on any atom is 0.433 e. The summed E-state index contributed by atoms with van der Waals surface area (Å²) in [7, 11) is 0.